The number of nitrogens with two attached hydrogens (primary N) is 1. The van der Waals surface area contributed by atoms with Crippen molar-refractivity contribution in [1.29, 1.82) is 0 Å². The Labute approximate surface area is 61.8 Å². The number of aliphatic hydroxyl groups is 1. The van der Waals surface area contributed by atoms with Crippen LogP contribution in [-0.2, 0) is 0 Å². The van der Waals surface area contributed by atoms with Gasteiger partial charge in [0.05, 0.1) is 6.10 Å². The number of aliphatic hydroxyl groups excluding tert-OH is 1. The van der Waals surface area contributed by atoms with Crippen LogP contribution in [-0.4, -0.2) is 29.3 Å². The topological polar surface area (TPSA) is 49.5 Å². The van der Waals surface area contributed by atoms with E-state index in [4.69, 9.17) is 5.84 Å². The monoisotopic (exact) mass is 144 g/mol. The highest BCUT2D eigenvalue weighted by molar-refractivity contribution is 4.72. The van der Waals surface area contributed by atoms with Gasteiger partial charge >= 0.3 is 0 Å². The molecule has 0 aromatic rings. The largest absolute Gasteiger partial charge is 0.393 e. The molecule has 0 radical (unpaired) electrons. The van der Waals surface area contributed by atoms with E-state index in [2.05, 4.69) is 0 Å². The third kappa shape index (κ3) is 1.94. The Balaban J connectivity index is 2.32. The molecule has 3 nitrogen and oxygen atoms in total. The lowest BCUT2D eigenvalue weighted by Gasteiger charge is -2.30. The lowest BCUT2D eigenvalue weighted by molar-refractivity contribution is 0.0630. The molecular formula is C7H16N2O. The van der Waals surface area contributed by atoms with Gasteiger partial charge in [-0.3, -0.25) is 5.84 Å². The van der Waals surface area contributed by atoms with Crippen molar-refractivity contribution < 1.29 is 5.11 Å². The summed E-state index contributed by atoms with van der Waals surface area (Å²) in [5.74, 6) is 5.97. The molecule has 1 heterocycles. The average molecular weight is 144 g/mol. The fourth-order valence-electron chi connectivity index (χ4n) is 1.43. The number of piperidine rings is 1. The summed E-state index contributed by atoms with van der Waals surface area (Å²) in [7, 11) is 0. The molecule has 0 saturated carbocycles. The minimum absolute atomic E-state index is 0.202. The van der Waals surface area contributed by atoms with E-state index in [1.54, 1.807) is 5.01 Å². The van der Waals surface area contributed by atoms with Crippen LogP contribution in [0.4, 0.5) is 0 Å². The number of rotatable bonds is 1. The zero-order chi connectivity index (χ0) is 7.56. The van der Waals surface area contributed by atoms with E-state index in [1.165, 1.54) is 0 Å². The molecule has 0 bridgehead atoms. The van der Waals surface area contributed by atoms with Gasteiger partial charge in [0.25, 0.3) is 0 Å². The SMILES string of the molecule is C[C@H](O)[C@@H]1CCCN(N)C1. The summed E-state index contributed by atoms with van der Waals surface area (Å²) in [6.45, 7) is 3.66. The van der Waals surface area contributed by atoms with Crippen molar-refractivity contribution >= 4 is 0 Å². The molecule has 1 saturated heterocycles. The van der Waals surface area contributed by atoms with Crippen molar-refractivity contribution in [3.05, 3.63) is 0 Å². The maximum absolute atomic E-state index is 9.21. The number of hydrogen-bond acceptors (Lipinski definition) is 3. The van der Waals surface area contributed by atoms with Crippen LogP contribution in [0.25, 0.3) is 0 Å². The summed E-state index contributed by atoms with van der Waals surface area (Å²) in [5, 5.41) is 11.0. The van der Waals surface area contributed by atoms with Gasteiger partial charge in [-0.15, -0.1) is 0 Å². The van der Waals surface area contributed by atoms with E-state index in [-0.39, 0.29) is 6.10 Å². The third-order valence-corrected chi connectivity index (χ3v) is 2.17. The Morgan fingerprint density at radius 1 is 1.70 bits per heavy atom. The maximum atomic E-state index is 9.21. The van der Waals surface area contributed by atoms with Crippen molar-refractivity contribution in [2.75, 3.05) is 13.1 Å². The van der Waals surface area contributed by atoms with Gasteiger partial charge in [0.2, 0.25) is 0 Å². The molecule has 0 spiro atoms. The molecule has 1 aliphatic heterocycles. The van der Waals surface area contributed by atoms with Crippen molar-refractivity contribution in [2.24, 2.45) is 11.8 Å². The molecular weight excluding hydrogens is 128 g/mol. The van der Waals surface area contributed by atoms with Gasteiger partial charge in [-0.05, 0) is 25.7 Å². The molecule has 1 rings (SSSR count). The van der Waals surface area contributed by atoms with Crippen LogP contribution < -0.4 is 5.84 Å². The van der Waals surface area contributed by atoms with E-state index in [0.29, 0.717) is 5.92 Å². The number of hydrazine groups is 1. The van der Waals surface area contributed by atoms with Gasteiger partial charge in [0, 0.05) is 13.1 Å². The average Bonchev–Trinajstić information content (AvgIpc) is 1.88. The molecule has 3 heteroatoms. The van der Waals surface area contributed by atoms with Gasteiger partial charge in [-0.2, -0.15) is 0 Å². The molecule has 0 aliphatic carbocycles. The lowest BCUT2D eigenvalue weighted by atomic mass is 9.94. The van der Waals surface area contributed by atoms with E-state index in [0.717, 1.165) is 25.9 Å². The van der Waals surface area contributed by atoms with Crippen molar-refractivity contribution in [3.63, 3.8) is 0 Å². The highest BCUT2D eigenvalue weighted by Gasteiger charge is 2.20. The summed E-state index contributed by atoms with van der Waals surface area (Å²) in [5.41, 5.74) is 0. The van der Waals surface area contributed by atoms with Gasteiger partial charge in [0.1, 0.15) is 0 Å². The van der Waals surface area contributed by atoms with E-state index < -0.39 is 0 Å². The Morgan fingerprint density at radius 2 is 2.40 bits per heavy atom. The van der Waals surface area contributed by atoms with Gasteiger partial charge in [-0.25, -0.2) is 5.01 Å². The first-order chi connectivity index (χ1) is 4.70. The van der Waals surface area contributed by atoms with E-state index in [1.807, 2.05) is 6.92 Å². The molecule has 3 N–H and O–H groups in total. The van der Waals surface area contributed by atoms with Gasteiger partial charge < -0.3 is 5.11 Å². The van der Waals surface area contributed by atoms with Crippen molar-refractivity contribution in [2.45, 2.75) is 25.9 Å². The van der Waals surface area contributed by atoms with E-state index in [9.17, 15) is 5.11 Å². The predicted octanol–water partition coefficient (Wildman–Crippen LogP) is -0.0471. The Bertz CT molecular complexity index is 106. The van der Waals surface area contributed by atoms with Crippen LogP contribution in [0.1, 0.15) is 19.8 Å². The molecule has 10 heavy (non-hydrogen) atoms. The van der Waals surface area contributed by atoms with Crippen LogP contribution in [0, 0.1) is 5.92 Å². The molecule has 1 aliphatic rings. The zero-order valence-corrected chi connectivity index (χ0v) is 6.45. The molecule has 0 unspecified atom stereocenters. The standard InChI is InChI=1S/C7H16N2O/c1-6(10)7-3-2-4-9(8)5-7/h6-7,10H,2-5,8H2,1H3/t6-,7+/m0/s1. The zero-order valence-electron chi connectivity index (χ0n) is 6.45. The van der Waals surface area contributed by atoms with Gasteiger partial charge in [0.15, 0.2) is 0 Å². The normalized spacial score (nSPS) is 32.1. The lowest BCUT2D eigenvalue weighted by Crippen LogP contribution is -2.43. The minimum Gasteiger partial charge on any atom is -0.393 e. The third-order valence-electron chi connectivity index (χ3n) is 2.17. The first kappa shape index (κ1) is 7.98. The summed E-state index contributed by atoms with van der Waals surface area (Å²) in [6, 6.07) is 0. The molecule has 0 amide bonds. The second-order valence-electron chi connectivity index (χ2n) is 3.14. The molecule has 1 fully saturated rings. The quantitative estimate of drug-likeness (QED) is 0.507. The van der Waals surface area contributed by atoms with Crippen LogP contribution in [0.3, 0.4) is 0 Å². The summed E-state index contributed by atoms with van der Waals surface area (Å²) < 4.78 is 0. The van der Waals surface area contributed by atoms with Crippen LogP contribution in [0.5, 0.6) is 0 Å². The van der Waals surface area contributed by atoms with Crippen molar-refractivity contribution in [1.82, 2.24) is 5.01 Å². The maximum Gasteiger partial charge on any atom is 0.0553 e. The first-order valence-corrected chi connectivity index (χ1v) is 3.88. The van der Waals surface area contributed by atoms with E-state index >= 15 is 0 Å². The molecule has 2 atom stereocenters. The summed E-state index contributed by atoms with van der Waals surface area (Å²) in [6.07, 6.45) is 2.03. The number of hydrogen-bond donors (Lipinski definition) is 2. The van der Waals surface area contributed by atoms with Crippen LogP contribution in [0.15, 0.2) is 0 Å². The van der Waals surface area contributed by atoms with Crippen LogP contribution >= 0.6 is 0 Å². The Morgan fingerprint density at radius 3 is 2.80 bits per heavy atom. The predicted molar refractivity (Wildman–Crippen MR) is 40.2 cm³/mol. The summed E-state index contributed by atoms with van der Waals surface area (Å²) >= 11 is 0. The Hall–Kier alpha value is -0.120. The van der Waals surface area contributed by atoms with Crippen LogP contribution in [0.2, 0.25) is 0 Å². The fourth-order valence-corrected chi connectivity index (χ4v) is 1.43. The summed E-state index contributed by atoms with van der Waals surface area (Å²) in [4.78, 5) is 0. The van der Waals surface area contributed by atoms with Crippen molar-refractivity contribution in [3.8, 4) is 0 Å². The second kappa shape index (κ2) is 3.32. The molecule has 0 aromatic carbocycles. The first-order valence-electron chi connectivity index (χ1n) is 3.88. The molecule has 60 valence electrons. The Kier molecular flexibility index (Phi) is 2.65. The molecule has 0 aromatic heterocycles. The van der Waals surface area contributed by atoms with Gasteiger partial charge in [-0.1, -0.05) is 0 Å². The fraction of sp³-hybridized carbons (Fsp3) is 1.00. The highest BCUT2D eigenvalue weighted by atomic mass is 16.3. The number of nitrogens with zero attached hydrogens (tertiary/aromatic N) is 1. The minimum atomic E-state index is -0.202. The second-order valence-corrected chi connectivity index (χ2v) is 3.14. The smallest absolute Gasteiger partial charge is 0.0553 e. The highest BCUT2D eigenvalue weighted by Crippen LogP contribution is 2.16.